The summed E-state index contributed by atoms with van der Waals surface area (Å²) in [4.78, 5) is 27.1. The monoisotopic (exact) mass is 687 g/mol. The van der Waals surface area contributed by atoms with Gasteiger partial charge >= 0.3 is 11.9 Å². The molecule has 0 aromatic rings. The minimum absolute atomic E-state index is 0.149. The molecule has 4 nitrogen and oxygen atoms in total. The van der Waals surface area contributed by atoms with Gasteiger partial charge in [-0.05, 0) is 142 Å². The standard InChI is InChI=1S/C45H82O4/c1-10-12-15-33(3)27-35(5)29-44(8)23-19-38(20-24-44)31-48-42(46)40-18-14-17-37(7)41(40)43(47)49-32-39-21-25-45(9,26-22-39)30-36(6)28-34(4)16-13-11-2/h33-41H,10-32H2,1-9H3. The van der Waals surface area contributed by atoms with Gasteiger partial charge in [-0.25, -0.2) is 0 Å². The molecule has 3 aliphatic carbocycles. The zero-order chi connectivity index (χ0) is 36.0. The minimum Gasteiger partial charge on any atom is -0.465 e. The smallest absolute Gasteiger partial charge is 0.310 e. The molecular formula is C45H82O4. The quantitative estimate of drug-likeness (QED) is 0.120. The van der Waals surface area contributed by atoms with Gasteiger partial charge in [0.1, 0.15) is 0 Å². The van der Waals surface area contributed by atoms with Crippen molar-refractivity contribution in [1.29, 1.82) is 0 Å². The van der Waals surface area contributed by atoms with Crippen molar-refractivity contribution in [3.8, 4) is 0 Å². The lowest BCUT2D eigenvalue weighted by atomic mass is 9.67. The largest absolute Gasteiger partial charge is 0.465 e. The second-order valence-electron chi connectivity index (χ2n) is 19.4. The van der Waals surface area contributed by atoms with Crippen LogP contribution >= 0.6 is 0 Å². The van der Waals surface area contributed by atoms with Crippen LogP contribution in [0.1, 0.15) is 197 Å². The fraction of sp³-hybridized carbons (Fsp3) is 0.956. The van der Waals surface area contributed by atoms with Crippen molar-refractivity contribution in [2.45, 2.75) is 197 Å². The molecule has 49 heavy (non-hydrogen) atoms. The Balaban J connectivity index is 1.40. The number of carbonyl (C=O) groups excluding carboxylic acids is 2. The third-order valence-corrected chi connectivity index (χ3v) is 13.7. The van der Waals surface area contributed by atoms with E-state index in [0.29, 0.717) is 35.9 Å². The van der Waals surface area contributed by atoms with Crippen molar-refractivity contribution in [3.63, 3.8) is 0 Å². The van der Waals surface area contributed by atoms with E-state index in [4.69, 9.17) is 9.47 Å². The van der Waals surface area contributed by atoms with Crippen LogP contribution in [0.5, 0.6) is 0 Å². The molecule has 0 spiro atoms. The summed E-state index contributed by atoms with van der Waals surface area (Å²) in [5.41, 5.74) is 0.832. The highest BCUT2D eigenvalue weighted by Gasteiger charge is 2.43. The van der Waals surface area contributed by atoms with Gasteiger partial charge in [0.25, 0.3) is 0 Å². The Kier molecular flexibility index (Phi) is 18.0. The fourth-order valence-electron chi connectivity index (χ4n) is 10.7. The molecule has 3 saturated carbocycles. The van der Waals surface area contributed by atoms with Crippen LogP contribution in [0.15, 0.2) is 0 Å². The second-order valence-corrected chi connectivity index (χ2v) is 19.4. The van der Waals surface area contributed by atoms with Crippen molar-refractivity contribution >= 4 is 11.9 Å². The Morgan fingerprint density at radius 1 is 0.633 bits per heavy atom. The van der Waals surface area contributed by atoms with Crippen LogP contribution in [0.4, 0.5) is 0 Å². The predicted octanol–water partition coefficient (Wildman–Crippen LogP) is 13.0. The number of carbonyl (C=O) groups is 2. The lowest BCUT2D eigenvalue weighted by molar-refractivity contribution is -0.167. The summed E-state index contributed by atoms with van der Waals surface area (Å²) >= 11 is 0. The van der Waals surface area contributed by atoms with Crippen LogP contribution < -0.4 is 0 Å². The average Bonchev–Trinajstić information content (AvgIpc) is 3.05. The van der Waals surface area contributed by atoms with E-state index in [1.54, 1.807) is 0 Å². The molecule has 0 radical (unpaired) electrons. The van der Waals surface area contributed by atoms with Crippen molar-refractivity contribution in [2.24, 2.45) is 64.1 Å². The van der Waals surface area contributed by atoms with Gasteiger partial charge in [-0.15, -0.1) is 0 Å². The predicted molar refractivity (Wildman–Crippen MR) is 206 cm³/mol. The van der Waals surface area contributed by atoms with Crippen LogP contribution in [-0.2, 0) is 19.1 Å². The maximum Gasteiger partial charge on any atom is 0.310 e. The van der Waals surface area contributed by atoms with Gasteiger partial charge in [-0.2, -0.15) is 0 Å². The molecule has 3 aliphatic rings. The lowest BCUT2D eigenvalue weighted by Gasteiger charge is -2.40. The van der Waals surface area contributed by atoms with Crippen molar-refractivity contribution in [3.05, 3.63) is 0 Å². The molecule has 3 fully saturated rings. The SMILES string of the molecule is CCCCC(C)CC(C)CC1(C)CCC(COC(=O)C2CCCC(C)C2C(=O)OCC2CCC(C)(CC(C)CC(C)CCCC)CC2)CC1. The molecule has 0 aromatic carbocycles. The van der Waals surface area contributed by atoms with E-state index >= 15 is 0 Å². The number of hydrogen-bond acceptors (Lipinski definition) is 4. The van der Waals surface area contributed by atoms with Crippen molar-refractivity contribution in [2.75, 3.05) is 13.2 Å². The van der Waals surface area contributed by atoms with Gasteiger partial charge in [-0.3, -0.25) is 9.59 Å². The van der Waals surface area contributed by atoms with Crippen LogP contribution in [0, 0.1) is 64.1 Å². The van der Waals surface area contributed by atoms with E-state index in [9.17, 15) is 9.59 Å². The second kappa shape index (κ2) is 20.8. The Hall–Kier alpha value is -1.06. The van der Waals surface area contributed by atoms with Gasteiger partial charge < -0.3 is 9.47 Å². The van der Waals surface area contributed by atoms with Crippen LogP contribution in [-0.4, -0.2) is 25.2 Å². The normalized spacial score (nSPS) is 33.3. The number of ether oxygens (including phenoxy) is 2. The van der Waals surface area contributed by atoms with E-state index in [-0.39, 0.29) is 29.7 Å². The van der Waals surface area contributed by atoms with E-state index in [1.807, 2.05) is 0 Å². The van der Waals surface area contributed by atoms with Gasteiger partial charge in [0.2, 0.25) is 0 Å². The van der Waals surface area contributed by atoms with E-state index in [1.165, 1.54) is 89.9 Å². The van der Waals surface area contributed by atoms with Gasteiger partial charge in [0.05, 0.1) is 25.0 Å². The van der Waals surface area contributed by atoms with Crippen molar-refractivity contribution in [1.82, 2.24) is 0 Å². The highest BCUT2D eigenvalue weighted by molar-refractivity contribution is 5.82. The summed E-state index contributed by atoms with van der Waals surface area (Å²) in [5.74, 6) is 3.26. The Morgan fingerprint density at radius 3 is 1.49 bits per heavy atom. The molecule has 0 bridgehead atoms. The number of rotatable bonds is 20. The highest BCUT2D eigenvalue weighted by Crippen LogP contribution is 2.46. The molecule has 0 aliphatic heterocycles. The molecular weight excluding hydrogens is 604 g/mol. The summed E-state index contributed by atoms with van der Waals surface area (Å²) in [7, 11) is 0. The van der Waals surface area contributed by atoms with Gasteiger partial charge in [0, 0.05) is 0 Å². The first kappa shape index (κ1) is 42.4. The first-order valence-corrected chi connectivity index (χ1v) is 21.6. The van der Waals surface area contributed by atoms with E-state index in [2.05, 4.69) is 62.3 Å². The molecule has 3 rings (SSSR count). The summed E-state index contributed by atoms with van der Waals surface area (Å²) < 4.78 is 12.1. The third kappa shape index (κ3) is 14.5. The zero-order valence-electron chi connectivity index (χ0n) is 34.1. The van der Waals surface area contributed by atoms with E-state index in [0.717, 1.165) is 68.6 Å². The summed E-state index contributed by atoms with van der Waals surface area (Å²) in [5, 5.41) is 0. The fourth-order valence-corrected chi connectivity index (χ4v) is 10.7. The number of hydrogen-bond donors (Lipinski definition) is 0. The Labute approximate surface area is 304 Å². The summed E-state index contributed by atoms with van der Waals surface area (Å²) in [6, 6.07) is 0. The van der Waals surface area contributed by atoms with Gasteiger partial charge in [0.15, 0.2) is 0 Å². The molecule has 0 N–H and O–H groups in total. The zero-order valence-corrected chi connectivity index (χ0v) is 34.1. The van der Waals surface area contributed by atoms with Crippen LogP contribution in [0.25, 0.3) is 0 Å². The maximum absolute atomic E-state index is 13.6. The summed E-state index contributed by atoms with van der Waals surface area (Å²) in [6.45, 7) is 22.5. The maximum atomic E-state index is 13.6. The third-order valence-electron chi connectivity index (χ3n) is 13.7. The molecule has 0 heterocycles. The summed E-state index contributed by atoms with van der Waals surface area (Å²) in [6.07, 6.45) is 25.6. The van der Waals surface area contributed by atoms with Gasteiger partial charge in [-0.1, -0.05) is 107 Å². The lowest BCUT2D eigenvalue weighted by Crippen LogP contribution is -2.40. The first-order chi connectivity index (χ1) is 23.3. The van der Waals surface area contributed by atoms with Crippen molar-refractivity contribution < 1.29 is 19.1 Å². The van der Waals surface area contributed by atoms with Crippen LogP contribution in [0.3, 0.4) is 0 Å². The highest BCUT2D eigenvalue weighted by atomic mass is 16.5. The molecule has 0 amide bonds. The van der Waals surface area contributed by atoms with E-state index < -0.39 is 0 Å². The number of unbranched alkanes of at least 4 members (excludes halogenated alkanes) is 2. The average molecular weight is 687 g/mol. The Bertz CT molecular complexity index is 942. The molecule has 0 saturated heterocycles. The van der Waals surface area contributed by atoms with Crippen LogP contribution in [0.2, 0.25) is 0 Å². The molecule has 4 heteroatoms. The molecule has 7 unspecified atom stereocenters. The first-order valence-electron chi connectivity index (χ1n) is 21.6. The molecule has 0 aromatic heterocycles. The topological polar surface area (TPSA) is 52.6 Å². The minimum atomic E-state index is -0.360. The number of esters is 2. The Morgan fingerprint density at radius 2 is 1.06 bits per heavy atom. The molecule has 286 valence electrons. The molecule has 7 atom stereocenters.